The number of carbonyl (C=O) groups excluding carboxylic acids is 1. The highest BCUT2D eigenvalue weighted by molar-refractivity contribution is 7.90. The summed E-state index contributed by atoms with van der Waals surface area (Å²) in [6, 6.07) is 4.37. The van der Waals surface area contributed by atoms with E-state index in [0.717, 1.165) is 11.8 Å². The van der Waals surface area contributed by atoms with Crippen molar-refractivity contribution in [2.75, 3.05) is 13.4 Å². The first-order valence-corrected chi connectivity index (χ1v) is 8.66. The van der Waals surface area contributed by atoms with Crippen LogP contribution in [0.4, 0.5) is 0 Å². The topological polar surface area (TPSA) is 98.2 Å². The van der Waals surface area contributed by atoms with Crippen molar-refractivity contribution < 1.29 is 17.9 Å². The lowest BCUT2D eigenvalue weighted by molar-refractivity contribution is 0.0939. The number of nitrogens with zero attached hydrogens (tertiary/aromatic N) is 2. The van der Waals surface area contributed by atoms with E-state index in [-0.39, 0.29) is 22.6 Å². The van der Waals surface area contributed by atoms with Crippen molar-refractivity contribution in [2.24, 2.45) is 0 Å². The van der Waals surface area contributed by atoms with Crippen molar-refractivity contribution in [3.63, 3.8) is 0 Å². The first kappa shape index (κ1) is 16.9. The van der Waals surface area contributed by atoms with Gasteiger partial charge in [0.2, 0.25) is 0 Å². The van der Waals surface area contributed by atoms with Crippen LogP contribution in [0.2, 0.25) is 0 Å². The molecule has 0 aliphatic carbocycles. The number of hydrogen-bond donors (Lipinski definition) is 1. The molecule has 122 valence electrons. The number of benzene rings is 1. The molecule has 0 saturated heterocycles. The van der Waals surface area contributed by atoms with Gasteiger partial charge in [0.05, 0.1) is 18.7 Å². The van der Waals surface area contributed by atoms with Gasteiger partial charge in [-0.3, -0.25) is 4.79 Å². The predicted molar refractivity (Wildman–Crippen MR) is 84.0 cm³/mol. The number of hydrogen-bond acceptors (Lipinski definition) is 6. The number of ether oxygens (including phenoxy) is 1. The standard InChI is InChI=1S/C15H17N3O4S/c1-10(18-15(19)12-7-16-9-17-8-12)11-4-5-14(23(3,20)21)13(6-11)22-2/h4-10H,1-3H3,(H,18,19). The summed E-state index contributed by atoms with van der Waals surface area (Å²) in [5, 5.41) is 2.80. The fourth-order valence-electron chi connectivity index (χ4n) is 2.04. The number of carbonyl (C=O) groups is 1. The van der Waals surface area contributed by atoms with Crippen LogP contribution in [0.25, 0.3) is 0 Å². The van der Waals surface area contributed by atoms with Crippen LogP contribution in [-0.2, 0) is 9.84 Å². The maximum absolute atomic E-state index is 12.1. The van der Waals surface area contributed by atoms with Gasteiger partial charge in [-0.25, -0.2) is 18.4 Å². The SMILES string of the molecule is COc1cc(C(C)NC(=O)c2cncnc2)ccc1S(C)(=O)=O. The Morgan fingerprint density at radius 2 is 1.91 bits per heavy atom. The molecule has 0 spiro atoms. The molecule has 1 aromatic heterocycles. The van der Waals surface area contributed by atoms with E-state index in [1.54, 1.807) is 19.1 Å². The summed E-state index contributed by atoms with van der Waals surface area (Å²) >= 11 is 0. The summed E-state index contributed by atoms with van der Waals surface area (Å²) in [6.07, 6.45) is 5.30. The maximum Gasteiger partial charge on any atom is 0.254 e. The van der Waals surface area contributed by atoms with Gasteiger partial charge < -0.3 is 10.1 Å². The van der Waals surface area contributed by atoms with Crippen molar-refractivity contribution in [1.29, 1.82) is 0 Å². The van der Waals surface area contributed by atoms with Gasteiger partial charge in [0.25, 0.3) is 5.91 Å². The monoisotopic (exact) mass is 335 g/mol. The Labute approximate surface area is 134 Å². The van der Waals surface area contributed by atoms with E-state index in [1.165, 1.54) is 31.9 Å². The highest BCUT2D eigenvalue weighted by Crippen LogP contribution is 2.27. The molecule has 1 atom stereocenters. The zero-order valence-electron chi connectivity index (χ0n) is 13.0. The van der Waals surface area contributed by atoms with E-state index < -0.39 is 9.84 Å². The highest BCUT2D eigenvalue weighted by atomic mass is 32.2. The summed E-state index contributed by atoms with van der Waals surface area (Å²) in [5.41, 5.74) is 1.07. The molecule has 7 nitrogen and oxygen atoms in total. The second-order valence-corrected chi connectivity index (χ2v) is 6.99. The Balaban J connectivity index is 2.23. The molecule has 1 unspecified atom stereocenters. The molecule has 0 bridgehead atoms. The molecule has 0 aliphatic heterocycles. The molecule has 8 heteroatoms. The minimum atomic E-state index is -3.38. The highest BCUT2D eigenvalue weighted by Gasteiger charge is 2.18. The number of aromatic nitrogens is 2. The van der Waals surface area contributed by atoms with Crippen molar-refractivity contribution in [2.45, 2.75) is 17.9 Å². The Hall–Kier alpha value is -2.48. The van der Waals surface area contributed by atoms with Crippen LogP contribution >= 0.6 is 0 Å². The Morgan fingerprint density at radius 1 is 1.26 bits per heavy atom. The molecule has 2 rings (SSSR count). The summed E-state index contributed by atoms with van der Waals surface area (Å²) in [5.74, 6) is -0.0709. The van der Waals surface area contributed by atoms with Crippen molar-refractivity contribution in [3.8, 4) is 5.75 Å². The Kier molecular flexibility index (Phi) is 4.95. The van der Waals surface area contributed by atoms with Crippen LogP contribution in [0, 0.1) is 0 Å². The third-order valence-corrected chi connectivity index (χ3v) is 4.39. The molecule has 1 aromatic carbocycles. The molecule has 1 amide bonds. The maximum atomic E-state index is 12.1. The normalized spacial score (nSPS) is 12.5. The smallest absolute Gasteiger partial charge is 0.254 e. The van der Waals surface area contributed by atoms with Crippen LogP contribution < -0.4 is 10.1 Å². The molecule has 2 aromatic rings. The number of rotatable bonds is 5. The lowest BCUT2D eigenvalue weighted by Gasteiger charge is -2.16. The Morgan fingerprint density at radius 3 is 2.48 bits per heavy atom. The zero-order chi connectivity index (χ0) is 17.0. The fourth-order valence-corrected chi connectivity index (χ4v) is 2.86. The summed E-state index contributed by atoms with van der Waals surface area (Å²) in [6.45, 7) is 1.79. The minimum absolute atomic E-state index is 0.110. The number of methoxy groups -OCH3 is 1. The van der Waals surface area contributed by atoms with Gasteiger partial charge in [0.15, 0.2) is 9.84 Å². The largest absolute Gasteiger partial charge is 0.495 e. The third kappa shape index (κ3) is 4.04. The van der Waals surface area contributed by atoms with E-state index in [1.807, 2.05) is 0 Å². The van der Waals surface area contributed by atoms with Crippen LogP contribution in [-0.4, -0.2) is 37.7 Å². The molecular formula is C15H17N3O4S. The van der Waals surface area contributed by atoms with Gasteiger partial charge in [-0.15, -0.1) is 0 Å². The van der Waals surface area contributed by atoms with Crippen molar-refractivity contribution in [3.05, 3.63) is 48.0 Å². The van der Waals surface area contributed by atoms with Gasteiger partial charge in [-0.2, -0.15) is 0 Å². The van der Waals surface area contributed by atoms with Gasteiger partial charge in [-0.05, 0) is 24.6 Å². The molecule has 0 saturated carbocycles. The van der Waals surface area contributed by atoms with Gasteiger partial charge in [0, 0.05) is 18.6 Å². The van der Waals surface area contributed by atoms with Gasteiger partial charge >= 0.3 is 0 Å². The van der Waals surface area contributed by atoms with E-state index in [2.05, 4.69) is 15.3 Å². The van der Waals surface area contributed by atoms with Crippen molar-refractivity contribution in [1.82, 2.24) is 15.3 Å². The van der Waals surface area contributed by atoms with Crippen molar-refractivity contribution >= 4 is 15.7 Å². The number of nitrogens with one attached hydrogen (secondary N) is 1. The summed E-state index contributed by atoms with van der Waals surface area (Å²) in [4.78, 5) is 19.8. The molecule has 0 radical (unpaired) electrons. The molecule has 1 heterocycles. The lowest BCUT2D eigenvalue weighted by atomic mass is 10.1. The first-order valence-electron chi connectivity index (χ1n) is 6.77. The molecule has 0 aliphatic rings. The van der Waals surface area contributed by atoms with E-state index in [9.17, 15) is 13.2 Å². The average Bonchev–Trinajstić information content (AvgIpc) is 2.54. The van der Waals surface area contributed by atoms with E-state index in [4.69, 9.17) is 4.74 Å². The van der Waals surface area contributed by atoms with E-state index >= 15 is 0 Å². The van der Waals surface area contributed by atoms with Crippen LogP contribution in [0.1, 0.15) is 28.9 Å². The number of sulfone groups is 1. The molecule has 1 N–H and O–H groups in total. The summed E-state index contributed by atoms with van der Waals surface area (Å²) in [7, 11) is -1.98. The quantitative estimate of drug-likeness (QED) is 0.886. The van der Waals surface area contributed by atoms with Crippen LogP contribution in [0.5, 0.6) is 5.75 Å². The predicted octanol–water partition coefficient (Wildman–Crippen LogP) is 1.38. The number of amides is 1. The minimum Gasteiger partial charge on any atom is -0.495 e. The second kappa shape index (κ2) is 6.74. The third-order valence-electron chi connectivity index (χ3n) is 3.26. The van der Waals surface area contributed by atoms with Crippen LogP contribution in [0.15, 0.2) is 41.8 Å². The molecule has 0 fully saturated rings. The fraction of sp³-hybridized carbons (Fsp3) is 0.267. The Bertz CT molecular complexity index is 807. The van der Waals surface area contributed by atoms with Gasteiger partial charge in [-0.1, -0.05) is 6.07 Å². The average molecular weight is 335 g/mol. The zero-order valence-corrected chi connectivity index (χ0v) is 13.8. The van der Waals surface area contributed by atoms with E-state index in [0.29, 0.717) is 5.56 Å². The summed E-state index contributed by atoms with van der Waals surface area (Å²) < 4.78 is 28.5. The first-order chi connectivity index (χ1) is 10.8. The van der Waals surface area contributed by atoms with Crippen LogP contribution in [0.3, 0.4) is 0 Å². The lowest BCUT2D eigenvalue weighted by Crippen LogP contribution is -2.26. The molecule has 23 heavy (non-hydrogen) atoms. The second-order valence-electron chi connectivity index (χ2n) is 5.00. The molecular weight excluding hydrogens is 318 g/mol. The van der Waals surface area contributed by atoms with Gasteiger partial charge in [0.1, 0.15) is 17.0 Å².